The molecule has 0 fully saturated rings. The Morgan fingerprint density at radius 3 is 2.03 bits per heavy atom. The monoisotopic (exact) mass is 441 g/mol. The van der Waals surface area contributed by atoms with Crippen LogP contribution in [0.1, 0.15) is 29.8 Å². The molecule has 0 bridgehead atoms. The number of carbonyl (C=O) groups excluding carboxylic acids is 4. The minimum absolute atomic E-state index is 0.0230. The lowest BCUT2D eigenvalue weighted by Crippen LogP contribution is -2.52. The summed E-state index contributed by atoms with van der Waals surface area (Å²) in [6, 6.07) is 15.8. The first-order valence-corrected chi connectivity index (χ1v) is 10.2. The number of nitrogens with one attached hydrogen (secondary N) is 1. The first-order valence-electron chi connectivity index (χ1n) is 10.2. The molecule has 8 nitrogen and oxygen atoms in total. The van der Waals surface area contributed by atoms with Crippen LogP contribution in [0.25, 0.3) is 0 Å². The van der Waals surface area contributed by atoms with Crippen molar-refractivity contribution in [1.82, 2.24) is 5.32 Å². The van der Waals surface area contributed by atoms with Crippen LogP contribution in [-0.4, -0.2) is 43.6 Å². The second kappa shape index (κ2) is 12.2. The van der Waals surface area contributed by atoms with Crippen LogP contribution in [0.2, 0.25) is 0 Å². The van der Waals surface area contributed by atoms with Crippen LogP contribution in [0, 0.1) is 11.8 Å². The molecule has 32 heavy (non-hydrogen) atoms. The van der Waals surface area contributed by atoms with Gasteiger partial charge in [0.15, 0.2) is 5.78 Å². The summed E-state index contributed by atoms with van der Waals surface area (Å²) in [5, 5.41) is 2.51. The van der Waals surface area contributed by atoms with E-state index in [0.717, 1.165) is 5.56 Å². The fraction of sp³-hybridized carbons (Fsp3) is 0.333. The van der Waals surface area contributed by atoms with E-state index >= 15 is 0 Å². The second-order valence-corrected chi connectivity index (χ2v) is 7.00. The van der Waals surface area contributed by atoms with Crippen LogP contribution in [0.15, 0.2) is 60.7 Å². The second-order valence-electron chi connectivity index (χ2n) is 7.00. The lowest BCUT2D eigenvalue weighted by atomic mass is 9.84. The Hall–Kier alpha value is -3.68. The van der Waals surface area contributed by atoms with Crippen molar-refractivity contribution >= 4 is 23.8 Å². The zero-order chi connectivity index (χ0) is 23.5. The fourth-order valence-electron chi connectivity index (χ4n) is 3.16. The van der Waals surface area contributed by atoms with Gasteiger partial charge in [0, 0.05) is 5.56 Å². The van der Waals surface area contributed by atoms with E-state index < -0.39 is 41.7 Å². The SMILES string of the molecule is CCOC(=O)C(C(=O)c1ccccc1)C(NC(=O)OCc1ccccc1)C(C)C(=O)OC. The van der Waals surface area contributed by atoms with Gasteiger partial charge in [-0.1, -0.05) is 60.7 Å². The number of alkyl carbamates (subject to hydrolysis) is 1. The van der Waals surface area contributed by atoms with Crippen molar-refractivity contribution in [2.24, 2.45) is 11.8 Å². The summed E-state index contributed by atoms with van der Waals surface area (Å²) in [6.07, 6.45) is -0.884. The summed E-state index contributed by atoms with van der Waals surface area (Å²) in [4.78, 5) is 50.8. The number of hydrogen-bond acceptors (Lipinski definition) is 7. The van der Waals surface area contributed by atoms with Gasteiger partial charge in [0.05, 0.1) is 25.7 Å². The predicted molar refractivity (Wildman–Crippen MR) is 116 cm³/mol. The number of amides is 1. The highest BCUT2D eigenvalue weighted by atomic mass is 16.6. The number of carbonyl (C=O) groups is 4. The number of rotatable bonds is 10. The third kappa shape index (κ3) is 6.66. The van der Waals surface area contributed by atoms with Crippen molar-refractivity contribution in [3.8, 4) is 0 Å². The highest BCUT2D eigenvalue weighted by Gasteiger charge is 2.43. The zero-order valence-corrected chi connectivity index (χ0v) is 18.3. The Morgan fingerprint density at radius 2 is 1.47 bits per heavy atom. The summed E-state index contributed by atoms with van der Waals surface area (Å²) >= 11 is 0. The summed E-state index contributed by atoms with van der Waals surface area (Å²) in [7, 11) is 1.18. The molecule has 0 radical (unpaired) electrons. The fourth-order valence-corrected chi connectivity index (χ4v) is 3.16. The molecule has 2 rings (SSSR count). The smallest absolute Gasteiger partial charge is 0.407 e. The molecule has 8 heteroatoms. The third-order valence-electron chi connectivity index (χ3n) is 4.85. The van der Waals surface area contributed by atoms with Gasteiger partial charge < -0.3 is 19.5 Å². The number of Topliss-reactive ketones (excluding diaryl/α,β-unsaturated/α-hetero) is 1. The number of benzene rings is 2. The molecule has 0 heterocycles. The molecule has 170 valence electrons. The van der Waals surface area contributed by atoms with Gasteiger partial charge in [0.2, 0.25) is 0 Å². The number of hydrogen-bond donors (Lipinski definition) is 1. The van der Waals surface area contributed by atoms with Gasteiger partial charge in [-0.3, -0.25) is 14.4 Å². The van der Waals surface area contributed by atoms with E-state index in [-0.39, 0.29) is 18.8 Å². The van der Waals surface area contributed by atoms with Crippen molar-refractivity contribution in [3.05, 3.63) is 71.8 Å². The van der Waals surface area contributed by atoms with Crippen molar-refractivity contribution < 1.29 is 33.4 Å². The van der Waals surface area contributed by atoms with Crippen LogP contribution in [0.3, 0.4) is 0 Å². The maximum atomic E-state index is 13.2. The van der Waals surface area contributed by atoms with Crippen molar-refractivity contribution in [3.63, 3.8) is 0 Å². The summed E-state index contributed by atoms with van der Waals surface area (Å²) < 4.78 is 15.1. The van der Waals surface area contributed by atoms with Gasteiger partial charge in [-0.05, 0) is 19.4 Å². The maximum Gasteiger partial charge on any atom is 0.407 e. The lowest BCUT2D eigenvalue weighted by Gasteiger charge is -2.29. The topological polar surface area (TPSA) is 108 Å². The van der Waals surface area contributed by atoms with E-state index in [1.54, 1.807) is 61.5 Å². The largest absolute Gasteiger partial charge is 0.469 e. The van der Waals surface area contributed by atoms with E-state index in [1.807, 2.05) is 6.07 Å². The Kier molecular flexibility index (Phi) is 9.41. The molecule has 0 aliphatic rings. The average molecular weight is 441 g/mol. The average Bonchev–Trinajstić information content (AvgIpc) is 2.82. The molecule has 0 aromatic heterocycles. The van der Waals surface area contributed by atoms with Crippen LogP contribution in [0.5, 0.6) is 0 Å². The molecule has 2 aromatic carbocycles. The van der Waals surface area contributed by atoms with Crippen molar-refractivity contribution in [1.29, 1.82) is 0 Å². The quantitative estimate of drug-likeness (QED) is 0.261. The molecule has 0 saturated heterocycles. The molecule has 3 unspecified atom stereocenters. The van der Waals surface area contributed by atoms with E-state index in [0.29, 0.717) is 0 Å². The molecule has 1 amide bonds. The molecule has 0 aliphatic heterocycles. The van der Waals surface area contributed by atoms with Crippen LogP contribution in [0.4, 0.5) is 4.79 Å². The number of ketones is 1. The molecule has 1 N–H and O–H groups in total. The maximum absolute atomic E-state index is 13.2. The van der Waals surface area contributed by atoms with Gasteiger partial charge in [-0.15, -0.1) is 0 Å². The minimum atomic E-state index is -1.48. The van der Waals surface area contributed by atoms with Gasteiger partial charge in [-0.25, -0.2) is 4.79 Å². The van der Waals surface area contributed by atoms with Gasteiger partial charge >= 0.3 is 18.0 Å². The summed E-state index contributed by atoms with van der Waals surface area (Å²) in [5.41, 5.74) is 0.995. The molecule has 0 saturated carbocycles. The van der Waals surface area contributed by atoms with Gasteiger partial charge in [-0.2, -0.15) is 0 Å². The molecule has 3 atom stereocenters. The first kappa shape index (κ1) is 24.6. The summed E-state index contributed by atoms with van der Waals surface area (Å²) in [5.74, 6) is -4.66. The zero-order valence-electron chi connectivity index (χ0n) is 18.3. The first-order chi connectivity index (χ1) is 15.4. The van der Waals surface area contributed by atoms with Gasteiger partial charge in [0.1, 0.15) is 12.5 Å². The number of ether oxygens (including phenoxy) is 3. The third-order valence-corrected chi connectivity index (χ3v) is 4.85. The van der Waals surface area contributed by atoms with Crippen LogP contribution >= 0.6 is 0 Å². The van der Waals surface area contributed by atoms with Crippen LogP contribution < -0.4 is 5.32 Å². The number of esters is 2. The number of methoxy groups -OCH3 is 1. The predicted octanol–water partition coefficient (Wildman–Crippen LogP) is 3.15. The molecular weight excluding hydrogens is 414 g/mol. The Balaban J connectivity index is 2.32. The highest BCUT2D eigenvalue weighted by Crippen LogP contribution is 2.22. The van der Waals surface area contributed by atoms with E-state index in [2.05, 4.69) is 5.32 Å². The van der Waals surface area contributed by atoms with E-state index in [9.17, 15) is 19.2 Å². The van der Waals surface area contributed by atoms with Crippen molar-refractivity contribution in [2.75, 3.05) is 13.7 Å². The molecule has 0 aliphatic carbocycles. The van der Waals surface area contributed by atoms with Gasteiger partial charge in [0.25, 0.3) is 0 Å². The van der Waals surface area contributed by atoms with E-state index in [4.69, 9.17) is 14.2 Å². The molecule has 0 spiro atoms. The molecule has 2 aromatic rings. The Bertz CT molecular complexity index is 914. The minimum Gasteiger partial charge on any atom is -0.469 e. The molecular formula is C24H27NO7. The Labute approximate surface area is 186 Å². The Morgan fingerprint density at radius 1 is 0.875 bits per heavy atom. The normalized spacial score (nSPS) is 13.2. The summed E-state index contributed by atoms with van der Waals surface area (Å²) in [6.45, 7) is 3.05. The lowest BCUT2D eigenvalue weighted by molar-refractivity contribution is -0.150. The van der Waals surface area contributed by atoms with Crippen LogP contribution in [-0.2, 0) is 30.4 Å². The van der Waals surface area contributed by atoms with E-state index in [1.165, 1.54) is 14.0 Å². The highest BCUT2D eigenvalue weighted by molar-refractivity contribution is 6.09. The standard InChI is InChI=1S/C24H27NO7/c1-4-31-23(28)19(21(26)18-13-9-6-10-14-18)20(16(2)22(27)30-3)25-24(29)32-15-17-11-7-5-8-12-17/h5-14,16,19-20H,4,15H2,1-3H3,(H,25,29). The van der Waals surface area contributed by atoms with Crippen molar-refractivity contribution in [2.45, 2.75) is 26.5 Å².